The number of rotatable bonds is 6. The van der Waals surface area contributed by atoms with E-state index in [2.05, 4.69) is 21.2 Å². The fourth-order valence-corrected chi connectivity index (χ4v) is 2.05. The van der Waals surface area contributed by atoms with Gasteiger partial charge < -0.3 is 15.3 Å². The van der Waals surface area contributed by atoms with E-state index >= 15 is 0 Å². The molecule has 1 amide bonds. The number of aliphatic carboxylic acids is 1. The van der Waals surface area contributed by atoms with Crippen molar-refractivity contribution in [3.05, 3.63) is 34.3 Å². The van der Waals surface area contributed by atoms with Crippen LogP contribution in [0.3, 0.4) is 0 Å². The molecule has 20 heavy (non-hydrogen) atoms. The Hall–Kier alpha value is -1.82. The van der Waals surface area contributed by atoms with Gasteiger partial charge in [0.1, 0.15) is 0 Å². The molecular formula is C14H17BrN2O3. The highest BCUT2D eigenvalue weighted by atomic mass is 79.9. The highest BCUT2D eigenvalue weighted by Gasteiger charge is 2.10. The lowest BCUT2D eigenvalue weighted by molar-refractivity contribution is -0.131. The average molecular weight is 341 g/mol. The van der Waals surface area contributed by atoms with Crippen molar-refractivity contribution >= 4 is 39.6 Å². The smallest absolute Gasteiger partial charge is 0.328 e. The molecule has 1 aromatic carbocycles. The van der Waals surface area contributed by atoms with Crippen LogP contribution >= 0.6 is 15.9 Å². The molecule has 0 aliphatic heterocycles. The predicted molar refractivity (Wildman–Crippen MR) is 82.8 cm³/mol. The lowest BCUT2D eigenvalue weighted by Crippen LogP contribution is -2.35. The minimum absolute atomic E-state index is 0.0804. The standard InChI is InChI=1S/C14H17BrN2O3/c1-3-16-13(18)9-17(2)12-8-11(15)6-4-10(12)5-7-14(19)20/h4-8H,3,9H2,1-2H3,(H,16,18)(H,19,20). The van der Waals surface area contributed by atoms with E-state index in [1.807, 2.05) is 19.1 Å². The molecule has 0 bridgehead atoms. The van der Waals surface area contributed by atoms with Gasteiger partial charge in [-0.2, -0.15) is 0 Å². The second-order valence-corrected chi connectivity index (χ2v) is 5.10. The number of benzene rings is 1. The number of likely N-dealkylation sites (N-methyl/N-ethyl adjacent to an activating group) is 2. The summed E-state index contributed by atoms with van der Waals surface area (Å²) in [6.45, 7) is 2.65. The van der Waals surface area contributed by atoms with Crippen molar-refractivity contribution in [2.45, 2.75) is 6.92 Å². The Morgan fingerprint density at radius 2 is 2.15 bits per heavy atom. The molecule has 0 saturated heterocycles. The van der Waals surface area contributed by atoms with E-state index in [1.165, 1.54) is 6.08 Å². The number of carbonyl (C=O) groups excluding carboxylic acids is 1. The SMILES string of the molecule is CCNC(=O)CN(C)c1cc(Br)ccc1C=CC(=O)O. The second kappa shape index (κ2) is 7.69. The Bertz CT molecular complexity index is 529. The topological polar surface area (TPSA) is 69.6 Å². The number of hydrogen-bond donors (Lipinski definition) is 2. The summed E-state index contributed by atoms with van der Waals surface area (Å²) in [4.78, 5) is 24.0. The van der Waals surface area contributed by atoms with Gasteiger partial charge >= 0.3 is 5.97 Å². The summed E-state index contributed by atoms with van der Waals surface area (Å²) in [5.74, 6) is -1.09. The van der Waals surface area contributed by atoms with Gasteiger partial charge in [0.15, 0.2) is 0 Å². The van der Waals surface area contributed by atoms with Crippen molar-refractivity contribution in [2.75, 3.05) is 25.0 Å². The normalized spacial score (nSPS) is 10.6. The lowest BCUT2D eigenvalue weighted by Gasteiger charge is -2.21. The molecule has 0 spiro atoms. The van der Waals surface area contributed by atoms with Gasteiger partial charge in [-0.05, 0) is 30.7 Å². The molecule has 0 saturated carbocycles. The van der Waals surface area contributed by atoms with Crippen LogP contribution in [0.15, 0.2) is 28.7 Å². The Morgan fingerprint density at radius 3 is 2.75 bits per heavy atom. The van der Waals surface area contributed by atoms with E-state index in [9.17, 15) is 9.59 Å². The molecule has 6 heteroatoms. The Balaban J connectivity index is 2.99. The van der Waals surface area contributed by atoms with Gasteiger partial charge in [0.2, 0.25) is 5.91 Å². The van der Waals surface area contributed by atoms with E-state index in [-0.39, 0.29) is 12.5 Å². The molecule has 0 aromatic heterocycles. The summed E-state index contributed by atoms with van der Waals surface area (Å²) in [6.07, 6.45) is 2.59. The van der Waals surface area contributed by atoms with Gasteiger partial charge in [-0.3, -0.25) is 4.79 Å². The maximum absolute atomic E-state index is 11.6. The number of anilines is 1. The quantitative estimate of drug-likeness (QED) is 0.778. The number of nitrogens with zero attached hydrogens (tertiary/aromatic N) is 1. The number of hydrogen-bond acceptors (Lipinski definition) is 3. The van der Waals surface area contributed by atoms with Gasteiger partial charge in [0.05, 0.1) is 6.54 Å². The zero-order valence-electron chi connectivity index (χ0n) is 11.4. The largest absolute Gasteiger partial charge is 0.478 e. The first-order valence-corrected chi connectivity index (χ1v) is 6.91. The Kier molecular flexibility index (Phi) is 6.24. The monoisotopic (exact) mass is 340 g/mol. The number of amides is 1. The zero-order valence-corrected chi connectivity index (χ0v) is 13.0. The maximum Gasteiger partial charge on any atom is 0.328 e. The molecule has 108 valence electrons. The minimum atomic E-state index is -1.01. The van der Waals surface area contributed by atoms with Gasteiger partial charge in [-0.25, -0.2) is 4.79 Å². The molecule has 1 aromatic rings. The van der Waals surface area contributed by atoms with Gasteiger partial charge in [-0.15, -0.1) is 0 Å². The Labute approximate surface area is 126 Å². The molecule has 2 N–H and O–H groups in total. The Morgan fingerprint density at radius 1 is 1.45 bits per heavy atom. The molecular weight excluding hydrogens is 324 g/mol. The maximum atomic E-state index is 11.6. The number of carbonyl (C=O) groups is 2. The highest BCUT2D eigenvalue weighted by molar-refractivity contribution is 9.10. The van der Waals surface area contributed by atoms with E-state index in [1.54, 1.807) is 18.0 Å². The third kappa shape index (κ3) is 5.05. The summed E-state index contributed by atoms with van der Waals surface area (Å²) >= 11 is 3.37. The number of carboxylic acids is 1. The van der Waals surface area contributed by atoms with Crippen LogP contribution in [-0.4, -0.2) is 37.1 Å². The van der Waals surface area contributed by atoms with Crippen LogP contribution < -0.4 is 10.2 Å². The zero-order chi connectivity index (χ0) is 15.1. The van der Waals surface area contributed by atoms with E-state index in [0.29, 0.717) is 6.54 Å². The van der Waals surface area contributed by atoms with Gasteiger partial charge in [-0.1, -0.05) is 22.0 Å². The van der Waals surface area contributed by atoms with Crippen LogP contribution in [0.25, 0.3) is 6.08 Å². The molecule has 0 atom stereocenters. The fourth-order valence-electron chi connectivity index (χ4n) is 1.70. The van der Waals surface area contributed by atoms with Crippen molar-refractivity contribution in [3.63, 3.8) is 0 Å². The summed E-state index contributed by atoms with van der Waals surface area (Å²) in [6, 6.07) is 5.47. The molecule has 0 radical (unpaired) electrons. The van der Waals surface area contributed by atoms with Crippen molar-refractivity contribution in [3.8, 4) is 0 Å². The van der Waals surface area contributed by atoms with Crippen LogP contribution in [-0.2, 0) is 9.59 Å². The summed E-state index contributed by atoms with van der Waals surface area (Å²) in [7, 11) is 1.79. The first kappa shape index (κ1) is 16.2. The first-order chi connectivity index (χ1) is 9.43. The van der Waals surface area contributed by atoms with E-state index < -0.39 is 5.97 Å². The molecule has 0 aliphatic rings. The third-order valence-electron chi connectivity index (χ3n) is 2.56. The van der Waals surface area contributed by atoms with Crippen molar-refractivity contribution in [2.24, 2.45) is 0 Å². The van der Waals surface area contributed by atoms with Gasteiger partial charge in [0.25, 0.3) is 0 Å². The van der Waals surface area contributed by atoms with Gasteiger partial charge in [0, 0.05) is 29.8 Å². The molecule has 0 fully saturated rings. The fraction of sp³-hybridized carbons (Fsp3) is 0.286. The van der Waals surface area contributed by atoms with Crippen LogP contribution in [0.1, 0.15) is 12.5 Å². The van der Waals surface area contributed by atoms with E-state index in [0.717, 1.165) is 21.8 Å². The number of carboxylic acid groups (broad SMARTS) is 1. The summed E-state index contributed by atoms with van der Waals surface area (Å²) in [5.41, 5.74) is 1.52. The predicted octanol–water partition coefficient (Wildman–Crippen LogP) is 2.12. The average Bonchev–Trinajstić information content (AvgIpc) is 2.37. The molecule has 5 nitrogen and oxygen atoms in total. The lowest BCUT2D eigenvalue weighted by atomic mass is 10.1. The molecule has 0 heterocycles. The number of halogens is 1. The van der Waals surface area contributed by atoms with Crippen LogP contribution in [0.5, 0.6) is 0 Å². The number of nitrogens with one attached hydrogen (secondary N) is 1. The van der Waals surface area contributed by atoms with Crippen molar-refractivity contribution in [1.29, 1.82) is 0 Å². The summed E-state index contributed by atoms with van der Waals surface area (Å²) < 4.78 is 0.864. The molecule has 0 aliphatic carbocycles. The van der Waals surface area contributed by atoms with E-state index in [4.69, 9.17) is 5.11 Å². The highest BCUT2D eigenvalue weighted by Crippen LogP contribution is 2.25. The third-order valence-corrected chi connectivity index (χ3v) is 3.06. The minimum Gasteiger partial charge on any atom is -0.478 e. The molecule has 1 rings (SSSR count). The van der Waals surface area contributed by atoms with Crippen molar-refractivity contribution in [1.82, 2.24) is 5.32 Å². The van der Waals surface area contributed by atoms with Crippen LogP contribution in [0, 0.1) is 0 Å². The van der Waals surface area contributed by atoms with Crippen LogP contribution in [0.2, 0.25) is 0 Å². The molecule has 0 unspecified atom stereocenters. The first-order valence-electron chi connectivity index (χ1n) is 6.12. The van der Waals surface area contributed by atoms with Crippen molar-refractivity contribution < 1.29 is 14.7 Å². The second-order valence-electron chi connectivity index (χ2n) is 4.18. The summed E-state index contributed by atoms with van der Waals surface area (Å²) in [5, 5.41) is 11.4. The van der Waals surface area contributed by atoms with Crippen LogP contribution in [0.4, 0.5) is 5.69 Å².